The van der Waals surface area contributed by atoms with Crippen LogP contribution in [-0.4, -0.2) is 66.8 Å². The minimum atomic E-state index is 0.0926. The molecule has 1 aromatic heterocycles. The molecule has 1 N–H and O–H groups in total. The highest BCUT2D eigenvalue weighted by Gasteiger charge is 2.39. The van der Waals surface area contributed by atoms with Gasteiger partial charge in [0.1, 0.15) is 0 Å². The topological polar surface area (TPSA) is 57.7 Å². The van der Waals surface area contributed by atoms with Crippen LogP contribution in [0.15, 0.2) is 24.5 Å². The lowest BCUT2D eigenvalue weighted by Gasteiger charge is -2.42. The van der Waals surface area contributed by atoms with Gasteiger partial charge >= 0.3 is 6.03 Å². The Labute approximate surface area is 156 Å². The van der Waals surface area contributed by atoms with Gasteiger partial charge in [0, 0.05) is 57.1 Å². The Morgan fingerprint density at radius 3 is 2.92 bits per heavy atom. The lowest BCUT2D eigenvalue weighted by molar-refractivity contribution is 0.0229. The molecule has 2 aliphatic rings. The fourth-order valence-corrected chi connectivity index (χ4v) is 3.94. The first-order valence-electron chi connectivity index (χ1n) is 9.93. The number of carbonyl (C=O) groups excluding carboxylic acids is 1. The fraction of sp³-hybridized carbons (Fsp3) is 0.700. The van der Waals surface area contributed by atoms with Gasteiger partial charge in [0.2, 0.25) is 0 Å². The van der Waals surface area contributed by atoms with E-state index in [0.29, 0.717) is 0 Å². The first-order chi connectivity index (χ1) is 12.7. The summed E-state index contributed by atoms with van der Waals surface area (Å²) in [5.41, 5.74) is 1.41. The Hall–Kier alpha value is -1.66. The molecule has 2 amide bonds. The summed E-state index contributed by atoms with van der Waals surface area (Å²) in [7, 11) is 0. The van der Waals surface area contributed by atoms with Crippen molar-refractivity contribution in [2.24, 2.45) is 5.41 Å². The molecule has 2 saturated heterocycles. The average molecular weight is 361 g/mol. The molecule has 26 heavy (non-hydrogen) atoms. The number of hydrogen-bond donors (Lipinski definition) is 1. The summed E-state index contributed by atoms with van der Waals surface area (Å²) in [5, 5.41) is 3.04. The van der Waals surface area contributed by atoms with Crippen LogP contribution < -0.4 is 5.32 Å². The number of hydrogen-bond acceptors (Lipinski definition) is 4. The van der Waals surface area contributed by atoms with E-state index in [2.05, 4.69) is 28.2 Å². The summed E-state index contributed by atoms with van der Waals surface area (Å²) < 4.78 is 5.95. The Morgan fingerprint density at radius 2 is 2.19 bits per heavy atom. The number of carbonyl (C=O) groups is 1. The van der Waals surface area contributed by atoms with Crippen LogP contribution in [0.3, 0.4) is 0 Å². The minimum absolute atomic E-state index is 0.0926. The smallest absolute Gasteiger partial charge is 0.317 e. The van der Waals surface area contributed by atoms with E-state index >= 15 is 0 Å². The quantitative estimate of drug-likeness (QED) is 0.820. The molecule has 3 rings (SSSR count). The van der Waals surface area contributed by atoms with E-state index in [0.717, 1.165) is 78.2 Å². The summed E-state index contributed by atoms with van der Waals surface area (Å²) in [6.45, 7) is 9.06. The first kappa shape index (κ1) is 19.1. The zero-order valence-electron chi connectivity index (χ0n) is 16.0. The normalized spacial score (nSPS) is 20.7. The number of nitrogens with one attached hydrogen (secondary N) is 1. The number of likely N-dealkylation sites (tertiary alicyclic amines) is 1. The third kappa shape index (κ3) is 5.17. The molecular weight excluding hydrogens is 328 g/mol. The average Bonchev–Trinajstić information content (AvgIpc) is 2.85. The van der Waals surface area contributed by atoms with Gasteiger partial charge in [-0.3, -0.25) is 9.88 Å². The Balaban J connectivity index is 1.53. The molecule has 0 aromatic carbocycles. The molecule has 144 valence electrons. The Kier molecular flexibility index (Phi) is 6.86. The molecule has 0 unspecified atom stereocenters. The highest BCUT2D eigenvalue weighted by atomic mass is 16.5. The maximum absolute atomic E-state index is 12.3. The van der Waals surface area contributed by atoms with Crippen molar-refractivity contribution in [2.75, 3.05) is 45.9 Å². The highest BCUT2D eigenvalue weighted by Crippen LogP contribution is 2.34. The molecule has 0 saturated carbocycles. The number of aromatic nitrogens is 1. The van der Waals surface area contributed by atoms with E-state index in [4.69, 9.17) is 4.74 Å². The lowest BCUT2D eigenvalue weighted by Crippen LogP contribution is -2.51. The number of piperidine rings is 1. The van der Waals surface area contributed by atoms with E-state index < -0.39 is 0 Å². The van der Waals surface area contributed by atoms with Gasteiger partial charge in [-0.05, 0) is 30.9 Å². The van der Waals surface area contributed by atoms with E-state index in [9.17, 15) is 4.79 Å². The van der Waals surface area contributed by atoms with E-state index in [-0.39, 0.29) is 11.4 Å². The molecule has 2 aliphatic heterocycles. The van der Waals surface area contributed by atoms with Gasteiger partial charge in [0.15, 0.2) is 0 Å². The molecule has 6 heteroatoms. The van der Waals surface area contributed by atoms with Crippen LogP contribution >= 0.6 is 0 Å². The summed E-state index contributed by atoms with van der Waals surface area (Å²) in [6, 6.07) is 4.22. The Morgan fingerprint density at radius 1 is 1.35 bits per heavy atom. The Bertz CT molecular complexity index is 558. The number of urea groups is 1. The summed E-state index contributed by atoms with van der Waals surface area (Å²) in [4.78, 5) is 21.0. The molecule has 0 atom stereocenters. The number of amides is 2. The molecule has 0 aliphatic carbocycles. The number of ether oxygens (including phenoxy) is 1. The molecular formula is C20H32N4O2. The van der Waals surface area contributed by atoms with Gasteiger partial charge in [0.25, 0.3) is 0 Å². The van der Waals surface area contributed by atoms with Crippen LogP contribution in [0.1, 0.15) is 38.2 Å². The van der Waals surface area contributed by atoms with Crippen LogP contribution in [-0.2, 0) is 11.3 Å². The monoisotopic (exact) mass is 360 g/mol. The third-order valence-electron chi connectivity index (χ3n) is 5.57. The van der Waals surface area contributed by atoms with Crippen LogP contribution in [0, 0.1) is 5.41 Å². The minimum Gasteiger partial charge on any atom is -0.379 e. The summed E-state index contributed by atoms with van der Waals surface area (Å²) in [5.74, 6) is 0. The van der Waals surface area contributed by atoms with Crippen molar-refractivity contribution < 1.29 is 9.53 Å². The molecule has 1 spiro atoms. The van der Waals surface area contributed by atoms with Gasteiger partial charge in [0.05, 0.1) is 13.2 Å². The summed E-state index contributed by atoms with van der Waals surface area (Å²) in [6.07, 6.45) is 7.93. The number of unbranched alkanes of at least 4 members (excludes halogenated alkanes) is 1. The van der Waals surface area contributed by atoms with E-state index in [1.165, 1.54) is 5.56 Å². The largest absolute Gasteiger partial charge is 0.379 e. The molecule has 0 bridgehead atoms. The number of rotatable bonds is 5. The van der Waals surface area contributed by atoms with Gasteiger partial charge in [-0.1, -0.05) is 19.4 Å². The maximum atomic E-state index is 12.3. The second kappa shape index (κ2) is 9.33. The summed E-state index contributed by atoms with van der Waals surface area (Å²) >= 11 is 0. The maximum Gasteiger partial charge on any atom is 0.317 e. The van der Waals surface area contributed by atoms with Gasteiger partial charge in [-0.2, -0.15) is 0 Å². The molecule has 3 heterocycles. The van der Waals surface area contributed by atoms with Crippen molar-refractivity contribution in [1.82, 2.24) is 20.1 Å². The van der Waals surface area contributed by atoms with Crippen LogP contribution in [0.5, 0.6) is 0 Å². The van der Waals surface area contributed by atoms with E-state index in [1.54, 1.807) is 0 Å². The van der Waals surface area contributed by atoms with Crippen molar-refractivity contribution in [2.45, 2.75) is 39.2 Å². The van der Waals surface area contributed by atoms with E-state index in [1.807, 2.05) is 23.4 Å². The second-order valence-corrected chi connectivity index (χ2v) is 7.70. The van der Waals surface area contributed by atoms with Gasteiger partial charge < -0.3 is 15.0 Å². The SMILES string of the molecule is CCCCNC(=O)N1CCC2(CC1)COCCN(Cc1cccnc1)C2. The van der Waals surface area contributed by atoms with Crippen LogP contribution in [0.25, 0.3) is 0 Å². The van der Waals surface area contributed by atoms with Crippen molar-refractivity contribution in [3.63, 3.8) is 0 Å². The predicted octanol–water partition coefficient (Wildman–Crippen LogP) is 2.51. The molecule has 0 radical (unpaired) electrons. The standard InChI is InChI=1S/C20H32N4O2/c1-2-3-9-22-19(25)24-10-6-20(7-11-24)16-23(12-13-26-17-20)15-18-5-4-8-21-14-18/h4-5,8,14H,2-3,6-7,9-13,15-17H2,1H3,(H,22,25). The number of pyridine rings is 1. The van der Waals surface area contributed by atoms with Crippen molar-refractivity contribution in [3.8, 4) is 0 Å². The zero-order valence-corrected chi connectivity index (χ0v) is 16.0. The number of nitrogens with zero attached hydrogens (tertiary/aromatic N) is 3. The lowest BCUT2D eigenvalue weighted by atomic mass is 9.78. The zero-order chi connectivity index (χ0) is 18.2. The van der Waals surface area contributed by atoms with Crippen molar-refractivity contribution in [3.05, 3.63) is 30.1 Å². The third-order valence-corrected chi connectivity index (χ3v) is 5.57. The molecule has 6 nitrogen and oxygen atoms in total. The second-order valence-electron chi connectivity index (χ2n) is 7.70. The fourth-order valence-electron chi connectivity index (χ4n) is 3.94. The van der Waals surface area contributed by atoms with Gasteiger partial charge in [-0.15, -0.1) is 0 Å². The first-order valence-corrected chi connectivity index (χ1v) is 9.93. The molecule has 1 aromatic rings. The highest BCUT2D eigenvalue weighted by molar-refractivity contribution is 5.74. The van der Waals surface area contributed by atoms with Gasteiger partial charge in [-0.25, -0.2) is 4.79 Å². The van der Waals surface area contributed by atoms with Crippen molar-refractivity contribution in [1.29, 1.82) is 0 Å². The van der Waals surface area contributed by atoms with Crippen LogP contribution in [0.4, 0.5) is 4.79 Å². The predicted molar refractivity (Wildman–Crippen MR) is 102 cm³/mol. The molecule has 2 fully saturated rings. The van der Waals surface area contributed by atoms with Crippen molar-refractivity contribution >= 4 is 6.03 Å². The van der Waals surface area contributed by atoms with Crippen LogP contribution in [0.2, 0.25) is 0 Å².